The van der Waals surface area contributed by atoms with E-state index in [-0.39, 0.29) is 24.0 Å². The predicted molar refractivity (Wildman–Crippen MR) is 128 cm³/mol. The lowest BCUT2D eigenvalue weighted by Gasteiger charge is -2.24. The van der Waals surface area contributed by atoms with Crippen LogP contribution in [0.1, 0.15) is 42.5 Å². The van der Waals surface area contributed by atoms with Gasteiger partial charge in [0.05, 0.1) is 18.5 Å². The van der Waals surface area contributed by atoms with Crippen molar-refractivity contribution < 1.29 is 4.42 Å². The molecule has 2 aromatic rings. The first kappa shape index (κ1) is 23.7. The van der Waals surface area contributed by atoms with Gasteiger partial charge in [-0.3, -0.25) is 9.58 Å². The Bertz CT molecular complexity index is 770. The number of halogens is 1. The van der Waals surface area contributed by atoms with E-state index in [0.717, 1.165) is 43.5 Å². The minimum absolute atomic E-state index is 0. The monoisotopic (exact) mass is 514 g/mol. The number of aryl methyl sites for hydroxylation is 2. The molecule has 1 unspecified atom stereocenters. The van der Waals surface area contributed by atoms with Gasteiger partial charge >= 0.3 is 0 Å². The minimum atomic E-state index is 0. The van der Waals surface area contributed by atoms with Crippen LogP contribution in [0, 0.1) is 13.8 Å². The fourth-order valence-electron chi connectivity index (χ4n) is 3.89. The fraction of sp³-hybridized carbons (Fsp3) is 0.619. The number of likely N-dealkylation sites (tertiary alicyclic amines) is 1. The van der Waals surface area contributed by atoms with E-state index in [4.69, 9.17) is 9.41 Å². The Morgan fingerprint density at radius 3 is 2.83 bits per heavy atom. The summed E-state index contributed by atoms with van der Waals surface area (Å²) in [4.78, 5) is 7.40. The Morgan fingerprint density at radius 2 is 2.17 bits per heavy atom. The highest BCUT2D eigenvalue weighted by atomic mass is 127. The number of nitrogens with one attached hydrogen (secondary N) is 2. The molecule has 1 atom stereocenters. The van der Waals surface area contributed by atoms with Crippen LogP contribution in [0.4, 0.5) is 0 Å². The third-order valence-corrected chi connectivity index (χ3v) is 5.71. The molecule has 1 aliphatic heterocycles. The van der Waals surface area contributed by atoms with Crippen LogP contribution in [0.5, 0.6) is 0 Å². The summed E-state index contributed by atoms with van der Waals surface area (Å²) in [5.74, 6) is 1.84. The molecule has 1 saturated heterocycles. The van der Waals surface area contributed by atoms with E-state index in [0.29, 0.717) is 12.6 Å². The lowest BCUT2D eigenvalue weighted by molar-refractivity contribution is 0.267. The SMILES string of the molecule is CCN1CCCC1CNC(=NCc1c(C)nn(C)c1C)NCCc1ccco1.I. The van der Waals surface area contributed by atoms with Crippen molar-refractivity contribution in [1.82, 2.24) is 25.3 Å². The first-order chi connectivity index (χ1) is 13.6. The van der Waals surface area contributed by atoms with Gasteiger partial charge in [-0.15, -0.1) is 24.0 Å². The predicted octanol–water partition coefficient (Wildman–Crippen LogP) is 3.01. The number of aliphatic imine (C=N–C) groups is 1. The molecule has 29 heavy (non-hydrogen) atoms. The number of rotatable bonds is 8. The molecule has 1 aliphatic rings. The summed E-state index contributed by atoms with van der Waals surface area (Å²) in [6.45, 7) is 11.0. The molecule has 0 aliphatic carbocycles. The molecule has 162 valence electrons. The van der Waals surface area contributed by atoms with Gasteiger partial charge in [0.15, 0.2) is 5.96 Å². The van der Waals surface area contributed by atoms with Gasteiger partial charge in [0.1, 0.15) is 5.76 Å². The van der Waals surface area contributed by atoms with Crippen LogP contribution in [0.25, 0.3) is 0 Å². The number of guanidine groups is 1. The number of furan rings is 1. The van der Waals surface area contributed by atoms with Crippen LogP contribution in [0.15, 0.2) is 27.8 Å². The maximum absolute atomic E-state index is 5.43. The Labute approximate surface area is 191 Å². The van der Waals surface area contributed by atoms with Crippen molar-refractivity contribution >= 4 is 29.9 Å². The highest BCUT2D eigenvalue weighted by molar-refractivity contribution is 14.0. The standard InChI is InChI=1S/C21H34N6O.HI/c1-5-27-12-6-8-18(27)14-23-21(22-11-10-19-9-7-13-28-19)24-15-20-16(2)25-26(4)17(20)3;/h7,9,13,18H,5-6,8,10-12,14-15H2,1-4H3,(H2,22,23,24);1H. The second kappa shape index (κ2) is 11.6. The minimum Gasteiger partial charge on any atom is -0.469 e. The van der Waals surface area contributed by atoms with Crippen LogP contribution in [-0.4, -0.2) is 52.9 Å². The van der Waals surface area contributed by atoms with Crippen LogP contribution in [0.2, 0.25) is 0 Å². The molecule has 2 aromatic heterocycles. The van der Waals surface area contributed by atoms with E-state index in [1.54, 1.807) is 6.26 Å². The zero-order valence-electron chi connectivity index (χ0n) is 18.1. The van der Waals surface area contributed by atoms with Gasteiger partial charge in [0, 0.05) is 43.9 Å². The van der Waals surface area contributed by atoms with Crippen molar-refractivity contribution in [2.24, 2.45) is 12.0 Å². The first-order valence-corrected chi connectivity index (χ1v) is 10.4. The molecule has 3 heterocycles. The number of hydrogen-bond acceptors (Lipinski definition) is 4. The van der Waals surface area contributed by atoms with E-state index in [9.17, 15) is 0 Å². The van der Waals surface area contributed by atoms with Crippen molar-refractivity contribution in [2.45, 2.75) is 52.6 Å². The molecule has 7 nitrogen and oxygen atoms in total. The van der Waals surface area contributed by atoms with Gasteiger partial charge in [-0.1, -0.05) is 6.92 Å². The van der Waals surface area contributed by atoms with Gasteiger partial charge in [-0.25, -0.2) is 4.99 Å². The smallest absolute Gasteiger partial charge is 0.191 e. The average molecular weight is 514 g/mol. The Kier molecular flexibility index (Phi) is 9.48. The van der Waals surface area contributed by atoms with Gasteiger partial charge < -0.3 is 15.1 Å². The second-order valence-corrected chi connectivity index (χ2v) is 7.50. The molecular weight excluding hydrogens is 479 g/mol. The first-order valence-electron chi connectivity index (χ1n) is 10.4. The third kappa shape index (κ3) is 6.47. The summed E-state index contributed by atoms with van der Waals surface area (Å²) < 4.78 is 7.36. The molecule has 0 amide bonds. The Morgan fingerprint density at radius 1 is 1.34 bits per heavy atom. The average Bonchev–Trinajstić information content (AvgIpc) is 3.40. The van der Waals surface area contributed by atoms with E-state index in [2.05, 4.69) is 34.5 Å². The lowest BCUT2D eigenvalue weighted by atomic mass is 10.2. The van der Waals surface area contributed by atoms with Gasteiger partial charge in [-0.2, -0.15) is 5.10 Å². The zero-order valence-corrected chi connectivity index (χ0v) is 20.4. The maximum Gasteiger partial charge on any atom is 0.191 e. The maximum atomic E-state index is 5.43. The van der Waals surface area contributed by atoms with Crippen molar-refractivity contribution in [3.05, 3.63) is 41.1 Å². The summed E-state index contributed by atoms with van der Waals surface area (Å²) in [5, 5.41) is 11.5. The normalized spacial score (nSPS) is 17.4. The molecular formula is C21H35IN6O. The van der Waals surface area contributed by atoms with Gasteiger partial charge in [0.25, 0.3) is 0 Å². The fourth-order valence-corrected chi connectivity index (χ4v) is 3.89. The van der Waals surface area contributed by atoms with Crippen molar-refractivity contribution in [3.63, 3.8) is 0 Å². The van der Waals surface area contributed by atoms with E-state index < -0.39 is 0 Å². The molecule has 0 bridgehead atoms. The van der Waals surface area contributed by atoms with E-state index >= 15 is 0 Å². The third-order valence-electron chi connectivity index (χ3n) is 5.71. The molecule has 0 spiro atoms. The van der Waals surface area contributed by atoms with Gasteiger partial charge in [-0.05, 0) is 51.9 Å². The molecule has 0 aromatic carbocycles. The van der Waals surface area contributed by atoms with Crippen LogP contribution in [0.3, 0.4) is 0 Å². The summed E-state index contributed by atoms with van der Waals surface area (Å²) in [6.07, 6.45) is 5.09. The highest BCUT2D eigenvalue weighted by Crippen LogP contribution is 2.16. The Hall–Kier alpha value is -1.55. The molecule has 0 radical (unpaired) electrons. The number of nitrogens with zero attached hydrogens (tertiary/aromatic N) is 4. The summed E-state index contributed by atoms with van der Waals surface area (Å²) >= 11 is 0. The van der Waals surface area contributed by atoms with Gasteiger partial charge in [0.2, 0.25) is 0 Å². The van der Waals surface area contributed by atoms with Crippen LogP contribution in [-0.2, 0) is 20.0 Å². The van der Waals surface area contributed by atoms with Crippen LogP contribution < -0.4 is 10.6 Å². The van der Waals surface area contributed by atoms with Crippen molar-refractivity contribution in [2.75, 3.05) is 26.2 Å². The summed E-state index contributed by atoms with van der Waals surface area (Å²) in [6, 6.07) is 4.52. The highest BCUT2D eigenvalue weighted by Gasteiger charge is 2.22. The number of likely N-dealkylation sites (N-methyl/N-ethyl adjacent to an activating group) is 1. The van der Waals surface area contributed by atoms with Crippen molar-refractivity contribution in [1.29, 1.82) is 0 Å². The topological polar surface area (TPSA) is 70.6 Å². The molecule has 3 rings (SSSR count). The molecule has 2 N–H and O–H groups in total. The largest absolute Gasteiger partial charge is 0.469 e. The lowest BCUT2D eigenvalue weighted by Crippen LogP contribution is -2.45. The van der Waals surface area contributed by atoms with Crippen molar-refractivity contribution in [3.8, 4) is 0 Å². The molecule has 1 fully saturated rings. The molecule has 8 heteroatoms. The number of hydrogen-bond donors (Lipinski definition) is 2. The Balaban J connectivity index is 0.00000300. The summed E-state index contributed by atoms with van der Waals surface area (Å²) in [7, 11) is 1.98. The van der Waals surface area contributed by atoms with E-state index in [1.165, 1.54) is 30.6 Å². The quantitative estimate of drug-likeness (QED) is 0.322. The second-order valence-electron chi connectivity index (χ2n) is 7.50. The van der Waals surface area contributed by atoms with E-state index in [1.807, 2.05) is 30.8 Å². The zero-order chi connectivity index (χ0) is 19.9. The summed E-state index contributed by atoms with van der Waals surface area (Å²) in [5.41, 5.74) is 3.42. The molecule has 0 saturated carbocycles. The number of aromatic nitrogens is 2. The van der Waals surface area contributed by atoms with Crippen LogP contribution >= 0.6 is 24.0 Å².